The highest BCUT2D eigenvalue weighted by Gasteiger charge is 2.41. The zero-order valence-electron chi connectivity index (χ0n) is 16.6. The lowest BCUT2D eigenvalue weighted by Crippen LogP contribution is -2.31. The van der Waals surface area contributed by atoms with Gasteiger partial charge in [0.1, 0.15) is 0 Å². The number of carbonyl (C=O) groups excluding carboxylic acids is 1. The van der Waals surface area contributed by atoms with E-state index >= 15 is 0 Å². The Labute approximate surface area is 180 Å². The SMILES string of the molecule is COC(=O)CCCN1C(=S)NC(c2ccccn2)C1c1cccn1-c1ccncc1. The number of methoxy groups -OCH3 is 1. The Balaban J connectivity index is 1.70. The van der Waals surface area contributed by atoms with Crippen LogP contribution in [-0.2, 0) is 9.53 Å². The Hall–Kier alpha value is -3.26. The summed E-state index contributed by atoms with van der Waals surface area (Å²) >= 11 is 5.69. The normalized spacial score (nSPS) is 18.3. The summed E-state index contributed by atoms with van der Waals surface area (Å²) in [5.74, 6) is -0.217. The van der Waals surface area contributed by atoms with E-state index < -0.39 is 0 Å². The fraction of sp³-hybridized carbons (Fsp3) is 0.273. The van der Waals surface area contributed by atoms with E-state index in [0.29, 0.717) is 24.5 Å². The van der Waals surface area contributed by atoms with Gasteiger partial charge in [-0.25, -0.2) is 0 Å². The molecule has 1 saturated heterocycles. The summed E-state index contributed by atoms with van der Waals surface area (Å²) in [6.45, 7) is 0.635. The van der Waals surface area contributed by atoms with Crippen LogP contribution in [0.1, 0.15) is 36.3 Å². The molecule has 1 aliphatic heterocycles. The highest BCUT2D eigenvalue weighted by Crippen LogP contribution is 2.39. The number of carbonyl (C=O) groups is 1. The van der Waals surface area contributed by atoms with Crippen molar-refractivity contribution in [1.82, 2.24) is 24.8 Å². The monoisotopic (exact) mass is 421 g/mol. The van der Waals surface area contributed by atoms with E-state index in [1.165, 1.54) is 7.11 Å². The van der Waals surface area contributed by atoms with Crippen molar-refractivity contribution in [2.75, 3.05) is 13.7 Å². The van der Waals surface area contributed by atoms with Gasteiger partial charge in [-0.1, -0.05) is 6.07 Å². The zero-order chi connectivity index (χ0) is 20.9. The Morgan fingerprint density at radius 1 is 1.17 bits per heavy atom. The summed E-state index contributed by atoms with van der Waals surface area (Å²) < 4.78 is 6.93. The maximum absolute atomic E-state index is 11.6. The van der Waals surface area contributed by atoms with Crippen LogP contribution in [-0.4, -0.2) is 44.2 Å². The van der Waals surface area contributed by atoms with Gasteiger partial charge in [0.2, 0.25) is 0 Å². The first kappa shape index (κ1) is 20.0. The molecular formula is C22H23N5O2S. The van der Waals surface area contributed by atoms with Gasteiger partial charge in [-0.05, 0) is 55.0 Å². The number of aromatic nitrogens is 3. The third kappa shape index (κ3) is 4.04. The Morgan fingerprint density at radius 2 is 2.00 bits per heavy atom. The third-order valence-corrected chi connectivity index (χ3v) is 5.58. The average Bonchev–Trinajstić information content (AvgIpc) is 3.39. The molecule has 0 aliphatic carbocycles. The second-order valence-electron chi connectivity index (χ2n) is 7.01. The van der Waals surface area contributed by atoms with Gasteiger partial charge in [0.15, 0.2) is 5.11 Å². The van der Waals surface area contributed by atoms with E-state index in [9.17, 15) is 4.79 Å². The number of hydrogen-bond donors (Lipinski definition) is 1. The van der Waals surface area contributed by atoms with Crippen LogP contribution in [0.5, 0.6) is 0 Å². The molecule has 4 heterocycles. The fourth-order valence-electron chi connectivity index (χ4n) is 3.84. The minimum atomic E-state index is -0.217. The quantitative estimate of drug-likeness (QED) is 0.464. The first-order valence-electron chi connectivity index (χ1n) is 9.81. The molecule has 0 saturated carbocycles. The number of esters is 1. The first-order valence-corrected chi connectivity index (χ1v) is 10.2. The van der Waals surface area contributed by atoms with Gasteiger partial charge < -0.3 is 19.5 Å². The molecule has 3 aromatic heterocycles. The van der Waals surface area contributed by atoms with Crippen molar-refractivity contribution in [3.8, 4) is 5.69 Å². The molecule has 1 aliphatic rings. The molecule has 3 aromatic rings. The van der Waals surface area contributed by atoms with E-state index in [1.807, 2.05) is 42.6 Å². The summed E-state index contributed by atoms with van der Waals surface area (Å²) in [6.07, 6.45) is 8.38. The molecule has 30 heavy (non-hydrogen) atoms. The van der Waals surface area contributed by atoms with Gasteiger partial charge in [0, 0.05) is 49.1 Å². The molecule has 0 spiro atoms. The lowest BCUT2D eigenvalue weighted by molar-refractivity contribution is -0.140. The summed E-state index contributed by atoms with van der Waals surface area (Å²) in [4.78, 5) is 22.4. The van der Waals surface area contributed by atoms with Gasteiger partial charge in [-0.3, -0.25) is 14.8 Å². The van der Waals surface area contributed by atoms with Crippen molar-refractivity contribution < 1.29 is 9.53 Å². The van der Waals surface area contributed by atoms with Gasteiger partial charge in [-0.2, -0.15) is 0 Å². The minimum absolute atomic E-state index is 0.0757. The van der Waals surface area contributed by atoms with E-state index in [-0.39, 0.29) is 18.1 Å². The maximum atomic E-state index is 11.6. The van der Waals surface area contributed by atoms with E-state index in [1.54, 1.807) is 18.6 Å². The van der Waals surface area contributed by atoms with Crippen LogP contribution in [0.15, 0.2) is 67.3 Å². The number of rotatable bonds is 7. The summed E-state index contributed by atoms with van der Waals surface area (Å²) in [5, 5.41) is 4.10. The molecule has 2 unspecified atom stereocenters. The second kappa shape index (κ2) is 9.04. The van der Waals surface area contributed by atoms with Crippen LogP contribution in [0.3, 0.4) is 0 Å². The number of nitrogens with zero attached hydrogens (tertiary/aromatic N) is 4. The minimum Gasteiger partial charge on any atom is -0.469 e. The van der Waals surface area contributed by atoms with Gasteiger partial charge in [-0.15, -0.1) is 0 Å². The zero-order valence-corrected chi connectivity index (χ0v) is 17.5. The van der Waals surface area contributed by atoms with Crippen molar-refractivity contribution in [2.24, 2.45) is 0 Å². The lowest BCUT2D eigenvalue weighted by Gasteiger charge is -2.28. The van der Waals surface area contributed by atoms with E-state index in [4.69, 9.17) is 17.0 Å². The standard InChI is InChI=1S/C22H23N5O2S/c1-29-19(28)8-5-15-27-21(20(25-22(27)30)17-6-2-3-11-24-17)18-7-4-14-26(18)16-9-12-23-13-10-16/h2-4,6-7,9-14,20-21H,5,8,15H2,1H3,(H,25,30). The third-order valence-electron chi connectivity index (χ3n) is 5.23. The molecule has 8 heteroatoms. The molecule has 0 radical (unpaired) electrons. The van der Waals surface area contributed by atoms with E-state index in [2.05, 4.69) is 30.8 Å². The molecule has 4 rings (SSSR count). The fourth-order valence-corrected chi connectivity index (χ4v) is 4.17. The number of nitrogens with one attached hydrogen (secondary N) is 1. The molecule has 154 valence electrons. The predicted molar refractivity (Wildman–Crippen MR) is 117 cm³/mol. The number of hydrogen-bond acceptors (Lipinski definition) is 5. The van der Waals surface area contributed by atoms with E-state index in [0.717, 1.165) is 17.1 Å². The van der Waals surface area contributed by atoms with Crippen LogP contribution in [0.2, 0.25) is 0 Å². The highest BCUT2D eigenvalue weighted by molar-refractivity contribution is 7.80. The Kier molecular flexibility index (Phi) is 6.04. The second-order valence-corrected chi connectivity index (χ2v) is 7.39. The van der Waals surface area contributed by atoms with Gasteiger partial charge in [0.05, 0.1) is 24.9 Å². The molecule has 2 atom stereocenters. The van der Waals surface area contributed by atoms with Crippen molar-refractivity contribution >= 4 is 23.3 Å². The van der Waals surface area contributed by atoms with Crippen LogP contribution in [0.4, 0.5) is 0 Å². The van der Waals surface area contributed by atoms with Crippen LogP contribution in [0.25, 0.3) is 5.69 Å². The first-order chi connectivity index (χ1) is 14.7. The van der Waals surface area contributed by atoms with Crippen LogP contribution >= 0.6 is 12.2 Å². The molecule has 1 fully saturated rings. The van der Waals surface area contributed by atoms with Crippen LogP contribution < -0.4 is 5.32 Å². The average molecular weight is 422 g/mol. The topological polar surface area (TPSA) is 72.3 Å². The molecule has 0 aromatic carbocycles. The molecule has 0 amide bonds. The van der Waals surface area contributed by atoms with Crippen molar-refractivity contribution in [3.05, 3.63) is 78.6 Å². The Bertz CT molecular complexity index is 1010. The van der Waals surface area contributed by atoms with Gasteiger partial charge >= 0.3 is 5.97 Å². The Morgan fingerprint density at radius 3 is 2.73 bits per heavy atom. The smallest absolute Gasteiger partial charge is 0.305 e. The number of pyridine rings is 2. The molecule has 7 nitrogen and oxygen atoms in total. The summed E-state index contributed by atoms with van der Waals surface area (Å²) in [7, 11) is 1.41. The summed E-state index contributed by atoms with van der Waals surface area (Å²) in [6, 6.07) is 13.8. The van der Waals surface area contributed by atoms with Gasteiger partial charge in [0.25, 0.3) is 0 Å². The number of thiocarbonyl (C=S) groups is 1. The maximum Gasteiger partial charge on any atom is 0.305 e. The molecule has 0 bridgehead atoms. The molecular weight excluding hydrogens is 398 g/mol. The number of ether oxygens (including phenoxy) is 1. The van der Waals surface area contributed by atoms with Crippen LogP contribution in [0, 0.1) is 0 Å². The van der Waals surface area contributed by atoms with Crippen molar-refractivity contribution in [3.63, 3.8) is 0 Å². The predicted octanol–water partition coefficient (Wildman–Crippen LogP) is 3.19. The van der Waals surface area contributed by atoms with Crippen molar-refractivity contribution in [2.45, 2.75) is 24.9 Å². The van der Waals surface area contributed by atoms with Crippen molar-refractivity contribution in [1.29, 1.82) is 0 Å². The summed E-state index contributed by atoms with van der Waals surface area (Å²) in [5.41, 5.74) is 3.03. The lowest BCUT2D eigenvalue weighted by atomic mass is 10.0. The largest absolute Gasteiger partial charge is 0.469 e. The highest BCUT2D eigenvalue weighted by atomic mass is 32.1. The molecule has 1 N–H and O–H groups in total.